The van der Waals surface area contributed by atoms with Gasteiger partial charge in [0.15, 0.2) is 5.75 Å². The molecule has 0 atom stereocenters. The van der Waals surface area contributed by atoms with E-state index in [1.54, 1.807) is 0 Å². The molecule has 1 aliphatic carbocycles. The third kappa shape index (κ3) is 3.49. The molecule has 0 unspecified atom stereocenters. The molecule has 114 valence electrons. The second kappa shape index (κ2) is 6.53. The summed E-state index contributed by atoms with van der Waals surface area (Å²) in [5, 5.41) is 13.7. The van der Waals surface area contributed by atoms with Gasteiger partial charge in [0.2, 0.25) is 0 Å². The fourth-order valence-electron chi connectivity index (χ4n) is 2.31. The number of nitro benzene ring substituents is 1. The van der Waals surface area contributed by atoms with E-state index >= 15 is 0 Å². The molecule has 0 radical (unpaired) electrons. The first-order chi connectivity index (χ1) is 10.0. The molecule has 1 aromatic carbocycles. The summed E-state index contributed by atoms with van der Waals surface area (Å²) in [6.07, 6.45) is 1.51. The highest BCUT2D eigenvalue weighted by molar-refractivity contribution is 5.95. The number of ether oxygens (including phenoxy) is 1. The van der Waals surface area contributed by atoms with Crippen molar-refractivity contribution >= 4 is 11.6 Å². The lowest BCUT2D eigenvalue weighted by Crippen LogP contribution is -2.37. The molecule has 1 saturated carbocycles. The molecular weight excluding hydrogens is 274 g/mol. The van der Waals surface area contributed by atoms with Crippen LogP contribution in [0.25, 0.3) is 0 Å². The molecule has 1 aromatic rings. The minimum absolute atomic E-state index is 0.0678. The topological polar surface area (TPSA) is 107 Å². The van der Waals surface area contributed by atoms with E-state index in [0.717, 1.165) is 12.8 Å². The maximum Gasteiger partial charge on any atom is 0.310 e. The number of carbonyl (C=O) groups excluding carboxylic acids is 1. The Kier molecular flexibility index (Phi) is 4.74. The Morgan fingerprint density at radius 2 is 2.24 bits per heavy atom. The summed E-state index contributed by atoms with van der Waals surface area (Å²) in [6.45, 7) is 2.90. The molecule has 21 heavy (non-hydrogen) atoms. The fourth-order valence-corrected chi connectivity index (χ4v) is 2.31. The van der Waals surface area contributed by atoms with Crippen LogP contribution in [-0.4, -0.2) is 30.0 Å². The lowest BCUT2D eigenvalue weighted by molar-refractivity contribution is -0.386. The molecule has 7 nitrogen and oxygen atoms in total. The normalized spacial score (nSPS) is 20.5. The van der Waals surface area contributed by atoms with Gasteiger partial charge in [-0.2, -0.15) is 0 Å². The summed E-state index contributed by atoms with van der Waals surface area (Å²) in [4.78, 5) is 22.3. The van der Waals surface area contributed by atoms with Crippen molar-refractivity contribution in [3.8, 4) is 5.75 Å². The molecule has 1 amide bonds. The van der Waals surface area contributed by atoms with Crippen molar-refractivity contribution in [1.82, 2.24) is 5.32 Å². The van der Waals surface area contributed by atoms with Crippen LogP contribution in [0.3, 0.4) is 0 Å². The van der Waals surface area contributed by atoms with E-state index in [1.165, 1.54) is 18.2 Å². The van der Waals surface area contributed by atoms with Crippen LogP contribution in [0.2, 0.25) is 0 Å². The first kappa shape index (κ1) is 15.2. The van der Waals surface area contributed by atoms with Gasteiger partial charge >= 0.3 is 5.69 Å². The van der Waals surface area contributed by atoms with Gasteiger partial charge in [0.25, 0.3) is 5.91 Å². The van der Waals surface area contributed by atoms with Crippen molar-refractivity contribution in [3.05, 3.63) is 33.9 Å². The van der Waals surface area contributed by atoms with E-state index in [-0.39, 0.29) is 23.4 Å². The quantitative estimate of drug-likeness (QED) is 0.610. The number of nitrogens with zero attached hydrogens (tertiary/aromatic N) is 1. The summed E-state index contributed by atoms with van der Waals surface area (Å²) >= 11 is 0. The van der Waals surface area contributed by atoms with Crippen LogP contribution in [0.1, 0.15) is 30.1 Å². The number of carbonyl (C=O) groups is 1. The molecule has 0 heterocycles. The molecule has 2 rings (SSSR count). The highest BCUT2D eigenvalue weighted by Crippen LogP contribution is 2.35. The zero-order valence-corrected chi connectivity index (χ0v) is 11.9. The molecule has 7 heteroatoms. The third-order valence-corrected chi connectivity index (χ3v) is 3.58. The first-order valence-corrected chi connectivity index (χ1v) is 6.98. The lowest BCUT2D eigenvalue weighted by atomic mass is 9.82. The molecule has 1 fully saturated rings. The Labute approximate surface area is 122 Å². The van der Waals surface area contributed by atoms with E-state index in [9.17, 15) is 14.9 Å². The van der Waals surface area contributed by atoms with Gasteiger partial charge in [-0.15, -0.1) is 0 Å². The van der Waals surface area contributed by atoms with Crippen LogP contribution in [0, 0.1) is 16.0 Å². The van der Waals surface area contributed by atoms with Gasteiger partial charge < -0.3 is 15.8 Å². The zero-order valence-electron chi connectivity index (χ0n) is 11.9. The molecule has 0 spiro atoms. The number of amides is 1. The second-order valence-corrected chi connectivity index (χ2v) is 5.11. The average molecular weight is 293 g/mol. The van der Waals surface area contributed by atoms with Crippen molar-refractivity contribution in [2.75, 3.05) is 13.1 Å². The number of hydrogen-bond acceptors (Lipinski definition) is 5. The number of benzene rings is 1. The number of nitrogens with two attached hydrogens (primary N) is 1. The molecular formula is C14H19N3O4. The Bertz CT molecular complexity index is 541. The Morgan fingerprint density at radius 1 is 1.52 bits per heavy atom. The van der Waals surface area contributed by atoms with Gasteiger partial charge in [0.05, 0.1) is 11.0 Å². The first-order valence-electron chi connectivity index (χ1n) is 6.98. The summed E-state index contributed by atoms with van der Waals surface area (Å²) in [6, 6.07) is 4.16. The number of nitro groups is 1. The minimum atomic E-state index is -0.504. The predicted molar refractivity (Wildman–Crippen MR) is 77.3 cm³/mol. The molecule has 0 aliphatic heterocycles. The van der Waals surface area contributed by atoms with E-state index in [2.05, 4.69) is 5.32 Å². The van der Waals surface area contributed by atoms with Crippen LogP contribution in [-0.2, 0) is 0 Å². The summed E-state index contributed by atoms with van der Waals surface area (Å²) in [5.74, 6) is 0.288. The maximum atomic E-state index is 11.8. The smallest absolute Gasteiger partial charge is 0.310 e. The van der Waals surface area contributed by atoms with Crippen LogP contribution in [0.5, 0.6) is 5.75 Å². The molecule has 0 aromatic heterocycles. The van der Waals surface area contributed by atoms with Gasteiger partial charge in [0.1, 0.15) is 0 Å². The van der Waals surface area contributed by atoms with Crippen molar-refractivity contribution in [3.63, 3.8) is 0 Å². The van der Waals surface area contributed by atoms with E-state index < -0.39 is 4.92 Å². The van der Waals surface area contributed by atoms with Gasteiger partial charge in [0, 0.05) is 24.2 Å². The summed E-state index contributed by atoms with van der Waals surface area (Å²) in [7, 11) is 0. The maximum absolute atomic E-state index is 11.8. The monoisotopic (exact) mass is 293 g/mol. The Morgan fingerprint density at radius 3 is 2.81 bits per heavy atom. The average Bonchev–Trinajstić information content (AvgIpc) is 2.42. The van der Waals surface area contributed by atoms with E-state index in [1.807, 2.05) is 6.92 Å². The van der Waals surface area contributed by atoms with Crippen molar-refractivity contribution in [1.29, 1.82) is 0 Å². The van der Waals surface area contributed by atoms with Crippen molar-refractivity contribution in [2.24, 2.45) is 11.7 Å². The third-order valence-electron chi connectivity index (χ3n) is 3.58. The number of hydrogen-bond donors (Lipinski definition) is 2. The number of nitrogens with one attached hydrogen (secondary N) is 1. The summed E-state index contributed by atoms with van der Waals surface area (Å²) < 4.78 is 5.67. The molecule has 0 bridgehead atoms. The van der Waals surface area contributed by atoms with Crippen molar-refractivity contribution < 1.29 is 14.5 Å². The molecule has 0 saturated heterocycles. The summed E-state index contributed by atoms with van der Waals surface area (Å²) in [5.41, 5.74) is 5.78. The Balaban J connectivity index is 2.17. The van der Waals surface area contributed by atoms with Gasteiger partial charge in [-0.05, 0) is 38.3 Å². The molecule has 1 aliphatic rings. The van der Waals surface area contributed by atoms with Crippen LogP contribution >= 0.6 is 0 Å². The number of rotatable bonds is 6. The van der Waals surface area contributed by atoms with Gasteiger partial charge in [-0.1, -0.05) is 0 Å². The Hall–Kier alpha value is -2.15. The highest BCUT2D eigenvalue weighted by atomic mass is 16.6. The second-order valence-electron chi connectivity index (χ2n) is 5.11. The van der Waals surface area contributed by atoms with E-state index in [4.69, 9.17) is 10.5 Å². The zero-order chi connectivity index (χ0) is 15.4. The largest absolute Gasteiger partial charge is 0.483 e. The van der Waals surface area contributed by atoms with Crippen LogP contribution in [0.15, 0.2) is 18.2 Å². The van der Waals surface area contributed by atoms with Crippen LogP contribution in [0.4, 0.5) is 5.69 Å². The van der Waals surface area contributed by atoms with Gasteiger partial charge in [-0.3, -0.25) is 14.9 Å². The van der Waals surface area contributed by atoms with Crippen LogP contribution < -0.4 is 15.8 Å². The lowest BCUT2D eigenvalue weighted by Gasteiger charge is -2.34. The van der Waals surface area contributed by atoms with Gasteiger partial charge in [-0.25, -0.2) is 0 Å². The van der Waals surface area contributed by atoms with E-state index in [0.29, 0.717) is 24.6 Å². The highest BCUT2D eigenvalue weighted by Gasteiger charge is 2.31. The SMILES string of the molecule is CCNC(=O)c1ccc([N+](=O)[O-])c(OC2CC(CN)C2)c1. The standard InChI is InChI=1S/C14H19N3O4/c1-2-16-14(18)10-3-4-12(17(19)20)13(7-10)21-11-5-9(6-11)8-15/h3-4,7,9,11H,2,5-6,8,15H2,1H3,(H,16,18). The minimum Gasteiger partial charge on any atom is -0.483 e. The fraction of sp³-hybridized carbons (Fsp3) is 0.500. The predicted octanol–water partition coefficient (Wildman–Crippen LogP) is 1.46. The molecule has 3 N–H and O–H groups in total. The van der Waals surface area contributed by atoms with Crippen molar-refractivity contribution in [2.45, 2.75) is 25.9 Å².